The molecule has 4 aromatic carbocycles. The second kappa shape index (κ2) is 16.8. The van der Waals surface area contributed by atoms with Gasteiger partial charge in [0, 0.05) is 53.9 Å². The molecule has 0 atom stereocenters. The Morgan fingerprint density at radius 3 is 2.13 bits per heavy atom. The first-order valence-corrected chi connectivity index (χ1v) is 17.7. The van der Waals surface area contributed by atoms with Crippen molar-refractivity contribution < 1.29 is 19.1 Å². The zero-order valence-electron chi connectivity index (χ0n) is 26.1. The average Bonchev–Trinajstić information content (AvgIpc) is 3.56. The number of benzene rings is 4. The normalized spacial score (nSPS) is 12.1. The molecule has 0 N–H and O–H groups in total. The summed E-state index contributed by atoms with van der Waals surface area (Å²) in [4.78, 5) is 30.3. The zero-order valence-corrected chi connectivity index (χ0v) is 27.8. The van der Waals surface area contributed by atoms with Gasteiger partial charge < -0.3 is 19.3 Å². The van der Waals surface area contributed by atoms with E-state index in [0.29, 0.717) is 24.6 Å². The van der Waals surface area contributed by atoms with Gasteiger partial charge in [-0.1, -0.05) is 66.2 Å². The van der Waals surface area contributed by atoms with E-state index in [1.807, 2.05) is 95.9 Å². The minimum absolute atomic E-state index is 0.0368. The summed E-state index contributed by atoms with van der Waals surface area (Å²) in [7, 11) is 0. The van der Waals surface area contributed by atoms with Gasteiger partial charge >= 0.3 is 0 Å². The molecule has 46 heavy (non-hydrogen) atoms. The van der Waals surface area contributed by atoms with E-state index in [4.69, 9.17) is 9.47 Å². The zero-order chi connectivity index (χ0) is 32.1. The molecule has 0 unspecified atom stereocenters. The molecule has 0 radical (unpaired) electrons. The molecule has 0 aliphatic carbocycles. The summed E-state index contributed by atoms with van der Waals surface area (Å²) in [5.41, 5.74) is 5.93. The molecule has 1 aliphatic heterocycles. The SMILES string of the molecule is CSCCN(C(=O)/C=C/c1ccc(C)cc1)c1cccc(CSCCN(C(=O)/C=C/c2ccc3c(c2)OCO3)c2ccccc2)c1. The summed E-state index contributed by atoms with van der Waals surface area (Å²) in [5, 5.41) is 0. The molecule has 1 heterocycles. The van der Waals surface area contributed by atoms with Crippen LogP contribution in [0, 0.1) is 6.92 Å². The summed E-state index contributed by atoms with van der Waals surface area (Å²) in [5.74, 6) is 3.63. The van der Waals surface area contributed by atoms with Crippen molar-refractivity contribution in [2.24, 2.45) is 0 Å². The number of rotatable bonds is 14. The summed E-state index contributed by atoms with van der Waals surface area (Å²) in [6.07, 6.45) is 8.99. The molecule has 8 heteroatoms. The van der Waals surface area contributed by atoms with Gasteiger partial charge in [0.15, 0.2) is 11.5 Å². The Hall–Kier alpha value is -4.40. The van der Waals surface area contributed by atoms with Crippen LogP contribution in [0.3, 0.4) is 0 Å². The van der Waals surface area contributed by atoms with E-state index in [2.05, 4.69) is 25.3 Å². The molecule has 0 saturated heterocycles. The minimum atomic E-state index is -0.0897. The Morgan fingerprint density at radius 1 is 0.717 bits per heavy atom. The van der Waals surface area contributed by atoms with Crippen LogP contribution in [0.1, 0.15) is 22.3 Å². The van der Waals surface area contributed by atoms with Crippen LogP contribution in [-0.2, 0) is 15.3 Å². The van der Waals surface area contributed by atoms with Crippen molar-refractivity contribution in [3.05, 3.63) is 131 Å². The van der Waals surface area contributed by atoms with Gasteiger partial charge in [-0.3, -0.25) is 9.59 Å². The molecule has 5 rings (SSSR count). The van der Waals surface area contributed by atoms with Crippen LogP contribution in [0.2, 0.25) is 0 Å². The van der Waals surface area contributed by atoms with E-state index in [1.54, 1.807) is 46.7 Å². The molecule has 0 aromatic heterocycles. The predicted molar refractivity (Wildman–Crippen MR) is 194 cm³/mol. The number of para-hydroxylation sites is 1. The first-order valence-electron chi connectivity index (χ1n) is 15.2. The first kappa shape index (κ1) is 33.0. The number of ether oxygens (including phenoxy) is 2. The van der Waals surface area contributed by atoms with Crippen LogP contribution < -0.4 is 19.3 Å². The molecular formula is C38H38N2O4S2. The predicted octanol–water partition coefficient (Wildman–Crippen LogP) is 8.11. The van der Waals surface area contributed by atoms with Crippen molar-refractivity contribution in [3.8, 4) is 11.5 Å². The topological polar surface area (TPSA) is 59.1 Å². The van der Waals surface area contributed by atoms with Gasteiger partial charge in [0.05, 0.1) is 0 Å². The Bertz CT molecular complexity index is 1670. The lowest BCUT2D eigenvalue weighted by Crippen LogP contribution is -2.31. The number of anilines is 2. The summed E-state index contributed by atoms with van der Waals surface area (Å²) in [6.45, 7) is 3.45. The van der Waals surface area contributed by atoms with Gasteiger partial charge in [0.1, 0.15) is 0 Å². The smallest absolute Gasteiger partial charge is 0.251 e. The highest BCUT2D eigenvalue weighted by Gasteiger charge is 2.16. The number of thioether (sulfide) groups is 2. The van der Waals surface area contributed by atoms with Crippen molar-refractivity contribution in [2.75, 3.05) is 47.4 Å². The molecule has 0 bridgehead atoms. The number of hydrogen-bond donors (Lipinski definition) is 0. The van der Waals surface area contributed by atoms with Crippen LogP contribution in [0.15, 0.2) is 109 Å². The van der Waals surface area contributed by atoms with E-state index >= 15 is 0 Å². The van der Waals surface area contributed by atoms with Crippen molar-refractivity contribution in [1.29, 1.82) is 0 Å². The summed E-state index contributed by atoms with van der Waals surface area (Å²) >= 11 is 3.48. The number of carbonyl (C=O) groups is 2. The van der Waals surface area contributed by atoms with Crippen molar-refractivity contribution in [2.45, 2.75) is 12.7 Å². The third kappa shape index (κ3) is 9.31. The highest BCUT2D eigenvalue weighted by Crippen LogP contribution is 2.33. The maximum atomic E-state index is 13.4. The van der Waals surface area contributed by atoms with Gasteiger partial charge in [-0.25, -0.2) is 0 Å². The Kier molecular flexibility index (Phi) is 12.0. The molecule has 1 aliphatic rings. The van der Waals surface area contributed by atoms with E-state index in [9.17, 15) is 9.59 Å². The fourth-order valence-corrected chi connectivity index (χ4v) is 6.13. The second-order valence-electron chi connectivity index (χ2n) is 10.7. The number of carbonyl (C=O) groups excluding carboxylic acids is 2. The number of fused-ring (bicyclic) bond motifs is 1. The standard InChI is InChI=1S/C38H38N2O4S2/c1-29-11-13-30(14-12-29)16-19-38(42)40(21-23-45-2)34-10-6-7-32(25-34)27-46-24-22-39(33-8-4-3-5-9-33)37(41)20-17-31-15-18-35-36(26-31)44-28-43-35/h3-20,25-26H,21-24,27-28H2,1-2H3/b19-16+,20-17+. The van der Waals surface area contributed by atoms with Crippen LogP contribution in [0.25, 0.3) is 12.2 Å². The number of aryl methyl sites for hydroxylation is 1. The highest BCUT2D eigenvalue weighted by molar-refractivity contribution is 7.98. The molecule has 6 nitrogen and oxygen atoms in total. The number of nitrogens with zero attached hydrogens (tertiary/aromatic N) is 2. The average molecular weight is 651 g/mol. The molecular weight excluding hydrogens is 613 g/mol. The monoisotopic (exact) mass is 650 g/mol. The highest BCUT2D eigenvalue weighted by atomic mass is 32.2. The van der Waals surface area contributed by atoms with E-state index in [1.165, 1.54) is 5.56 Å². The quantitative estimate of drug-likeness (QED) is 0.102. The lowest BCUT2D eigenvalue weighted by atomic mass is 10.1. The first-order chi connectivity index (χ1) is 22.5. The van der Waals surface area contributed by atoms with Gasteiger partial charge in [-0.15, -0.1) is 0 Å². The lowest BCUT2D eigenvalue weighted by molar-refractivity contribution is -0.114. The largest absolute Gasteiger partial charge is 0.454 e. The number of hydrogen-bond acceptors (Lipinski definition) is 6. The van der Waals surface area contributed by atoms with Crippen LogP contribution in [0.4, 0.5) is 11.4 Å². The van der Waals surface area contributed by atoms with Gasteiger partial charge in [0.25, 0.3) is 11.8 Å². The van der Waals surface area contributed by atoms with Gasteiger partial charge in [0.2, 0.25) is 6.79 Å². The second-order valence-corrected chi connectivity index (χ2v) is 12.8. The van der Waals surface area contributed by atoms with E-state index < -0.39 is 0 Å². The molecule has 0 spiro atoms. The third-order valence-electron chi connectivity index (χ3n) is 7.38. The van der Waals surface area contributed by atoms with Crippen molar-refractivity contribution >= 4 is 58.9 Å². The fraction of sp³-hybridized carbons (Fsp3) is 0.211. The Morgan fingerprint density at radius 2 is 1.37 bits per heavy atom. The Labute approximate surface area is 280 Å². The summed E-state index contributed by atoms with van der Waals surface area (Å²) < 4.78 is 10.9. The van der Waals surface area contributed by atoms with E-state index in [-0.39, 0.29) is 18.6 Å². The van der Waals surface area contributed by atoms with Crippen LogP contribution >= 0.6 is 23.5 Å². The molecule has 2 amide bonds. The molecule has 0 fully saturated rings. The minimum Gasteiger partial charge on any atom is -0.454 e. The van der Waals surface area contributed by atoms with Gasteiger partial charge in [-0.2, -0.15) is 23.5 Å². The number of amides is 2. The molecule has 0 saturated carbocycles. The lowest BCUT2D eigenvalue weighted by Gasteiger charge is -2.22. The van der Waals surface area contributed by atoms with Crippen molar-refractivity contribution in [3.63, 3.8) is 0 Å². The third-order valence-corrected chi connectivity index (χ3v) is 8.98. The van der Waals surface area contributed by atoms with Crippen LogP contribution in [-0.4, -0.2) is 49.5 Å². The van der Waals surface area contributed by atoms with Crippen LogP contribution in [0.5, 0.6) is 11.5 Å². The Balaban J connectivity index is 1.21. The maximum Gasteiger partial charge on any atom is 0.251 e. The van der Waals surface area contributed by atoms with Gasteiger partial charge in [-0.05, 0) is 78.4 Å². The van der Waals surface area contributed by atoms with Crippen molar-refractivity contribution in [1.82, 2.24) is 0 Å². The molecule has 236 valence electrons. The maximum absolute atomic E-state index is 13.4. The summed E-state index contributed by atoms with van der Waals surface area (Å²) in [6, 6.07) is 31.7. The molecule has 4 aromatic rings. The fourth-order valence-electron chi connectivity index (χ4n) is 4.89. The van der Waals surface area contributed by atoms with E-state index in [0.717, 1.165) is 45.3 Å².